The lowest BCUT2D eigenvalue weighted by molar-refractivity contribution is -0.0164. The van der Waals surface area contributed by atoms with Gasteiger partial charge in [-0.25, -0.2) is 0 Å². The molecule has 2 aliphatic rings. The van der Waals surface area contributed by atoms with Crippen molar-refractivity contribution in [2.75, 3.05) is 52.5 Å². The molecule has 112 valence electrons. The maximum Gasteiger partial charge on any atom is 0.0897 e. The summed E-state index contributed by atoms with van der Waals surface area (Å²) in [7, 11) is 0. The minimum atomic E-state index is -0.417. The third kappa shape index (κ3) is 6.19. The van der Waals surface area contributed by atoms with Gasteiger partial charge in [-0.1, -0.05) is 0 Å². The molecule has 19 heavy (non-hydrogen) atoms. The standard InChI is InChI=1S/C14H28N2O3/c17-13(11-18-12-14-4-3-9-19-14)10-15-5-8-16-6-1-2-7-16/h13-15,17H,1-12H2. The van der Waals surface area contributed by atoms with Crippen LogP contribution in [0.5, 0.6) is 0 Å². The van der Waals surface area contributed by atoms with Crippen molar-refractivity contribution < 1.29 is 14.6 Å². The van der Waals surface area contributed by atoms with E-state index in [9.17, 15) is 5.11 Å². The lowest BCUT2D eigenvalue weighted by Crippen LogP contribution is -2.36. The van der Waals surface area contributed by atoms with Crippen molar-refractivity contribution in [2.45, 2.75) is 37.9 Å². The third-order valence-electron chi connectivity index (χ3n) is 3.82. The Morgan fingerprint density at radius 3 is 2.89 bits per heavy atom. The Hall–Kier alpha value is -0.200. The minimum absolute atomic E-state index is 0.246. The molecule has 0 spiro atoms. The minimum Gasteiger partial charge on any atom is -0.389 e. The van der Waals surface area contributed by atoms with Gasteiger partial charge in [0, 0.05) is 26.2 Å². The second-order valence-corrected chi connectivity index (χ2v) is 5.58. The number of nitrogens with one attached hydrogen (secondary N) is 1. The highest BCUT2D eigenvalue weighted by Crippen LogP contribution is 2.11. The summed E-state index contributed by atoms with van der Waals surface area (Å²) in [6.45, 7) is 6.98. The average Bonchev–Trinajstić information content (AvgIpc) is 3.07. The van der Waals surface area contributed by atoms with Crippen LogP contribution in [0.3, 0.4) is 0 Å². The summed E-state index contributed by atoms with van der Waals surface area (Å²) in [4.78, 5) is 2.47. The van der Waals surface area contributed by atoms with E-state index in [-0.39, 0.29) is 6.10 Å². The lowest BCUT2D eigenvalue weighted by Gasteiger charge is -2.17. The molecule has 2 heterocycles. The van der Waals surface area contributed by atoms with Crippen LogP contribution in [-0.2, 0) is 9.47 Å². The smallest absolute Gasteiger partial charge is 0.0897 e. The molecule has 2 rings (SSSR count). The Labute approximate surface area is 116 Å². The number of hydrogen-bond donors (Lipinski definition) is 2. The topological polar surface area (TPSA) is 54.0 Å². The molecular weight excluding hydrogens is 244 g/mol. The predicted octanol–water partition coefficient (Wildman–Crippen LogP) is 0.228. The number of aliphatic hydroxyl groups excluding tert-OH is 1. The summed E-state index contributed by atoms with van der Waals surface area (Å²) in [6, 6.07) is 0. The Bertz CT molecular complexity index is 229. The summed E-state index contributed by atoms with van der Waals surface area (Å²) in [5.74, 6) is 0. The summed E-state index contributed by atoms with van der Waals surface area (Å²) in [5.41, 5.74) is 0. The van der Waals surface area contributed by atoms with Crippen LogP contribution in [-0.4, -0.2) is 74.8 Å². The van der Waals surface area contributed by atoms with E-state index < -0.39 is 6.10 Å². The van der Waals surface area contributed by atoms with Crippen molar-refractivity contribution in [3.05, 3.63) is 0 Å². The van der Waals surface area contributed by atoms with Crippen LogP contribution >= 0.6 is 0 Å². The monoisotopic (exact) mass is 272 g/mol. The van der Waals surface area contributed by atoms with Crippen LogP contribution in [0.4, 0.5) is 0 Å². The average molecular weight is 272 g/mol. The van der Waals surface area contributed by atoms with E-state index in [0.717, 1.165) is 32.5 Å². The second-order valence-electron chi connectivity index (χ2n) is 5.58. The quantitative estimate of drug-likeness (QED) is 0.589. The first-order chi connectivity index (χ1) is 9.34. The molecule has 0 saturated carbocycles. The molecule has 2 saturated heterocycles. The molecule has 5 heteroatoms. The Kier molecular flexibility index (Phi) is 7.09. The number of aliphatic hydroxyl groups is 1. The molecule has 0 bridgehead atoms. The zero-order chi connectivity index (χ0) is 13.3. The van der Waals surface area contributed by atoms with Gasteiger partial charge < -0.3 is 24.8 Å². The molecular formula is C14H28N2O3. The molecule has 0 aromatic heterocycles. The van der Waals surface area contributed by atoms with Gasteiger partial charge in [-0.2, -0.15) is 0 Å². The van der Waals surface area contributed by atoms with Crippen molar-refractivity contribution in [1.29, 1.82) is 0 Å². The van der Waals surface area contributed by atoms with Gasteiger partial charge in [0.1, 0.15) is 0 Å². The first kappa shape index (κ1) is 15.2. The van der Waals surface area contributed by atoms with Gasteiger partial charge in [0.05, 0.1) is 25.4 Å². The molecule has 2 atom stereocenters. The molecule has 2 aliphatic heterocycles. The van der Waals surface area contributed by atoms with Crippen molar-refractivity contribution >= 4 is 0 Å². The fourth-order valence-corrected chi connectivity index (χ4v) is 2.68. The van der Waals surface area contributed by atoms with Gasteiger partial charge in [0.2, 0.25) is 0 Å². The molecule has 2 N–H and O–H groups in total. The van der Waals surface area contributed by atoms with E-state index in [0.29, 0.717) is 19.8 Å². The normalized spacial score (nSPS) is 26.1. The molecule has 2 unspecified atom stereocenters. The second kappa shape index (κ2) is 8.87. The van der Waals surface area contributed by atoms with Gasteiger partial charge in [-0.3, -0.25) is 0 Å². The number of likely N-dealkylation sites (tertiary alicyclic amines) is 1. The number of ether oxygens (including phenoxy) is 2. The maximum atomic E-state index is 9.77. The summed E-state index contributed by atoms with van der Waals surface area (Å²) < 4.78 is 10.9. The van der Waals surface area contributed by atoms with E-state index >= 15 is 0 Å². The Morgan fingerprint density at radius 1 is 1.32 bits per heavy atom. The molecule has 2 fully saturated rings. The summed E-state index contributed by atoms with van der Waals surface area (Å²) in [6.07, 6.45) is 4.72. The predicted molar refractivity (Wildman–Crippen MR) is 74.3 cm³/mol. The molecule has 5 nitrogen and oxygen atoms in total. The Morgan fingerprint density at radius 2 is 2.16 bits per heavy atom. The van der Waals surface area contributed by atoms with Crippen LogP contribution in [0.15, 0.2) is 0 Å². The van der Waals surface area contributed by atoms with Gasteiger partial charge in [0.15, 0.2) is 0 Å². The van der Waals surface area contributed by atoms with E-state index in [1.165, 1.54) is 25.9 Å². The van der Waals surface area contributed by atoms with E-state index in [2.05, 4.69) is 10.2 Å². The molecule has 0 amide bonds. The summed E-state index contributed by atoms with van der Waals surface area (Å²) >= 11 is 0. The number of nitrogens with zero attached hydrogens (tertiary/aromatic N) is 1. The molecule has 0 aromatic carbocycles. The highest BCUT2D eigenvalue weighted by molar-refractivity contribution is 4.68. The SMILES string of the molecule is OC(CNCCN1CCCC1)COCC1CCCO1. The number of hydrogen-bond acceptors (Lipinski definition) is 5. The highest BCUT2D eigenvalue weighted by atomic mass is 16.5. The fraction of sp³-hybridized carbons (Fsp3) is 1.00. The first-order valence-electron chi connectivity index (χ1n) is 7.65. The van der Waals surface area contributed by atoms with Gasteiger partial charge in [-0.15, -0.1) is 0 Å². The van der Waals surface area contributed by atoms with E-state index in [4.69, 9.17) is 9.47 Å². The largest absolute Gasteiger partial charge is 0.389 e. The van der Waals surface area contributed by atoms with E-state index in [1.807, 2.05) is 0 Å². The summed E-state index contributed by atoms with van der Waals surface area (Å²) in [5, 5.41) is 13.1. The van der Waals surface area contributed by atoms with Crippen LogP contribution < -0.4 is 5.32 Å². The van der Waals surface area contributed by atoms with Crippen molar-refractivity contribution in [1.82, 2.24) is 10.2 Å². The van der Waals surface area contributed by atoms with Crippen LogP contribution in [0, 0.1) is 0 Å². The van der Waals surface area contributed by atoms with Gasteiger partial charge in [0.25, 0.3) is 0 Å². The van der Waals surface area contributed by atoms with Crippen LogP contribution in [0.25, 0.3) is 0 Å². The molecule has 0 aromatic rings. The zero-order valence-corrected chi connectivity index (χ0v) is 11.9. The first-order valence-corrected chi connectivity index (χ1v) is 7.65. The third-order valence-corrected chi connectivity index (χ3v) is 3.82. The highest BCUT2D eigenvalue weighted by Gasteiger charge is 2.16. The Balaban J connectivity index is 1.39. The molecule has 0 aliphatic carbocycles. The number of rotatable bonds is 9. The van der Waals surface area contributed by atoms with Gasteiger partial charge in [-0.05, 0) is 38.8 Å². The van der Waals surface area contributed by atoms with Crippen LogP contribution in [0.2, 0.25) is 0 Å². The fourth-order valence-electron chi connectivity index (χ4n) is 2.68. The maximum absolute atomic E-state index is 9.77. The lowest BCUT2D eigenvalue weighted by atomic mass is 10.2. The van der Waals surface area contributed by atoms with E-state index in [1.54, 1.807) is 0 Å². The zero-order valence-electron chi connectivity index (χ0n) is 11.9. The van der Waals surface area contributed by atoms with Crippen molar-refractivity contribution in [3.63, 3.8) is 0 Å². The van der Waals surface area contributed by atoms with Crippen LogP contribution in [0.1, 0.15) is 25.7 Å². The van der Waals surface area contributed by atoms with Crippen molar-refractivity contribution in [2.24, 2.45) is 0 Å². The van der Waals surface area contributed by atoms with Crippen molar-refractivity contribution in [3.8, 4) is 0 Å². The van der Waals surface area contributed by atoms with Gasteiger partial charge >= 0.3 is 0 Å². The molecule has 0 radical (unpaired) electrons.